The Balaban J connectivity index is 2.59. The maximum absolute atomic E-state index is 2.36. The Morgan fingerprint density at radius 1 is 0.842 bits per heavy atom. The summed E-state index contributed by atoms with van der Waals surface area (Å²) in [6.45, 7) is 9.25. The van der Waals surface area contributed by atoms with Gasteiger partial charge in [0.05, 0.1) is 0 Å². The zero-order chi connectivity index (χ0) is 14.1. The van der Waals surface area contributed by atoms with E-state index in [-0.39, 0.29) is 0 Å². The van der Waals surface area contributed by atoms with E-state index in [4.69, 9.17) is 0 Å². The molecule has 0 nitrogen and oxygen atoms in total. The van der Waals surface area contributed by atoms with Gasteiger partial charge >= 0.3 is 0 Å². The normalized spacial score (nSPS) is 12.9. The molecule has 0 N–H and O–H groups in total. The van der Waals surface area contributed by atoms with Gasteiger partial charge in [-0.2, -0.15) is 0 Å². The number of rotatable bonds is 9. The molecule has 0 amide bonds. The molecule has 108 valence electrons. The molecular formula is C19H32. The van der Waals surface area contributed by atoms with E-state index in [1.165, 1.54) is 44.9 Å². The van der Waals surface area contributed by atoms with Gasteiger partial charge in [0.2, 0.25) is 0 Å². The first-order valence-electron chi connectivity index (χ1n) is 8.29. The Morgan fingerprint density at radius 2 is 1.47 bits per heavy atom. The Kier molecular flexibility index (Phi) is 7.86. The zero-order valence-corrected chi connectivity index (χ0v) is 13.4. The molecule has 1 aromatic rings. The fourth-order valence-electron chi connectivity index (χ4n) is 2.98. The zero-order valence-electron chi connectivity index (χ0n) is 13.4. The van der Waals surface area contributed by atoms with Crippen molar-refractivity contribution >= 4 is 0 Å². The summed E-state index contributed by atoms with van der Waals surface area (Å²) in [4.78, 5) is 0. The summed E-state index contributed by atoms with van der Waals surface area (Å²) in [5.41, 5.74) is 3.17. The average Bonchev–Trinajstić information content (AvgIpc) is 2.43. The predicted molar refractivity (Wildman–Crippen MR) is 86.9 cm³/mol. The molecule has 0 heteroatoms. The Bertz CT molecular complexity index is 338. The van der Waals surface area contributed by atoms with Crippen LogP contribution in [0.4, 0.5) is 0 Å². The van der Waals surface area contributed by atoms with E-state index >= 15 is 0 Å². The number of benzene rings is 1. The molecule has 1 rings (SSSR count). The van der Waals surface area contributed by atoms with Crippen LogP contribution in [0.3, 0.4) is 0 Å². The summed E-state index contributed by atoms with van der Waals surface area (Å²) >= 11 is 0. The van der Waals surface area contributed by atoms with Gasteiger partial charge in [0, 0.05) is 0 Å². The molecule has 0 fully saturated rings. The standard InChI is InChI=1S/C19H32/c1-5-7-8-9-10-13-17(6-2)19-15-12-11-14-18(19)16(3)4/h11-12,14-17H,5-10,13H2,1-4H3. The summed E-state index contributed by atoms with van der Waals surface area (Å²) < 4.78 is 0. The van der Waals surface area contributed by atoms with Gasteiger partial charge in [-0.15, -0.1) is 0 Å². The van der Waals surface area contributed by atoms with Crippen LogP contribution in [-0.4, -0.2) is 0 Å². The van der Waals surface area contributed by atoms with E-state index in [2.05, 4.69) is 52.0 Å². The van der Waals surface area contributed by atoms with E-state index in [0.29, 0.717) is 5.92 Å². The van der Waals surface area contributed by atoms with E-state index in [1.54, 1.807) is 11.1 Å². The van der Waals surface area contributed by atoms with Gasteiger partial charge < -0.3 is 0 Å². The molecule has 0 aliphatic carbocycles. The molecule has 0 bridgehead atoms. The van der Waals surface area contributed by atoms with E-state index < -0.39 is 0 Å². The number of hydrogen-bond donors (Lipinski definition) is 0. The maximum atomic E-state index is 2.36. The van der Waals surface area contributed by atoms with E-state index in [0.717, 1.165) is 5.92 Å². The van der Waals surface area contributed by atoms with Crippen LogP contribution < -0.4 is 0 Å². The molecule has 0 aliphatic heterocycles. The van der Waals surface area contributed by atoms with Crippen LogP contribution in [-0.2, 0) is 0 Å². The SMILES string of the molecule is CCCCCCCC(CC)c1ccccc1C(C)C. The van der Waals surface area contributed by atoms with E-state index in [1.807, 2.05) is 0 Å². The molecule has 0 radical (unpaired) electrons. The molecule has 0 aromatic heterocycles. The molecule has 0 heterocycles. The van der Waals surface area contributed by atoms with E-state index in [9.17, 15) is 0 Å². The molecule has 0 saturated heterocycles. The van der Waals surface area contributed by atoms with Gasteiger partial charge in [0.15, 0.2) is 0 Å². The summed E-state index contributed by atoms with van der Waals surface area (Å²) in [5.74, 6) is 1.41. The summed E-state index contributed by atoms with van der Waals surface area (Å²) in [5, 5.41) is 0. The second kappa shape index (κ2) is 9.18. The topological polar surface area (TPSA) is 0 Å². The fourth-order valence-corrected chi connectivity index (χ4v) is 2.98. The van der Waals surface area contributed by atoms with Crippen LogP contribution >= 0.6 is 0 Å². The third-order valence-electron chi connectivity index (χ3n) is 4.21. The van der Waals surface area contributed by atoms with Gasteiger partial charge in [0.1, 0.15) is 0 Å². The highest BCUT2D eigenvalue weighted by Crippen LogP contribution is 2.32. The molecule has 0 spiro atoms. The van der Waals surface area contributed by atoms with Gasteiger partial charge in [-0.1, -0.05) is 84.1 Å². The smallest absolute Gasteiger partial charge is 0.0162 e. The van der Waals surface area contributed by atoms with Crippen molar-refractivity contribution in [2.24, 2.45) is 0 Å². The van der Waals surface area contributed by atoms with Crippen molar-refractivity contribution in [1.82, 2.24) is 0 Å². The summed E-state index contributed by atoms with van der Waals surface area (Å²) in [6, 6.07) is 9.07. The van der Waals surface area contributed by atoms with Crippen LogP contribution in [0.25, 0.3) is 0 Å². The lowest BCUT2D eigenvalue weighted by atomic mass is 9.84. The first kappa shape index (κ1) is 16.3. The Hall–Kier alpha value is -0.780. The summed E-state index contributed by atoms with van der Waals surface area (Å²) in [7, 11) is 0. The highest BCUT2D eigenvalue weighted by atomic mass is 14.2. The highest BCUT2D eigenvalue weighted by molar-refractivity contribution is 5.32. The molecule has 1 atom stereocenters. The quantitative estimate of drug-likeness (QED) is 0.435. The van der Waals surface area contributed by atoms with Crippen LogP contribution in [0.2, 0.25) is 0 Å². The van der Waals surface area contributed by atoms with Crippen molar-refractivity contribution < 1.29 is 0 Å². The minimum Gasteiger partial charge on any atom is -0.0654 e. The largest absolute Gasteiger partial charge is 0.0654 e. The maximum Gasteiger partial charge on any atom is -0.0162 e. The van der Waals surface area contributed by atoms with Crippen LogP contribution in [0.1, 0.15) is 95.6 Å². The van der Waals surface area contributed by atoms with Gasteiger partial charge in [-0.25, -0.2) is 0 Å². The molecular weight excluding hydrogens is 228 g/mol. The van der Waals surface area contributed by atoms with Crippen molar-refractivity contribution in [2.45, 2.75) is 84.5 Å². The minimum atomic E-state index is 0.644. The monoisotopic (exact) mass is 260 g/mol. The molecule has 1 aromatic carbocycles. The molecule has 19 heavy (non-hydrogen) atoms. The van der Waals surface area contributed by atoms with Crippen molar-refractivity contribution in [3.05, 3.63) is 35.4 Å². The lowest BCUT2D eigenvalue weighted by molar-refractivity contribution is 0.530. The third kappa shape index (κ3) is 5.38. The third-order valence-corrected chi connectivity index (χ3v) is 4.21. The second-order valence-electron chi connectivity index (χ2n) is 6.09. The van der Waals surface area contributed by atoms with Crippen molar-refractivity contribution in [1.29, 1.82) is 0 Å². The van der Waals surface area contributed by atoms with Crippen molar-refractivity contribution in [3.63, 3.8) is 0 Å². The molecule has 0 saturated carbocycles. The second-order valence-corrected chi connectivity index (χ2v) is 6.09. The van der Waals surface area contributed by atoms with Crippen LogP contribution in [0, 0.1) is 0 Å². The fraction of sp³-hybridized carbons (Fsp3) is 0.684. The van der Waals surface area contributed by atoms with Gasteiger partial charge in [-0.05, 0) is 35.8 Å². The van der Waals surface area contributed by atoms with Gasteiger partial charge in [0.25, 0.3) is 0 Å². The number of hydrogen-bond acceptors (Lipinski definition) is 0. The predicted octanol–water partition coefficient (Wildman–Crippen LogP) is 6.66. The van der Waals surface area contributed by atoms with Crippen molar-refractivity contribution in [2.75, 3.05) is 0 Å². The number of unbranched alkanes of at least 4 members (excludes halogenated alkanes) is 4. The molecule has 1 unspecified atom stereocenters. The minimum absolute atomic E-state index is 0.644. The lowest BCUT2D eigenvalue weighted by Gasteiger charge is -2.21. The highest BCUT2D eigenvalue weighted by Gasteiger charge is 2.14. The molecule has 0 aliphatic rings. The lowest BCUT2D eigenvalue weighted by Crippen LogP contribution is -2.03. The van der Waals surface area contributed by atoms with Crippen LogP contribution in [0.5, 0.6) is 0 Å². The van der Waals surface area contributed by atoms with Crippen molar-refractivity contribution in [3.8, 4) is 0 Å². The van der Waals surface area contributed by atoms with Gasteiger partial charge in [-0.3, -0.25) is 0 Å². The average molecular weight is 260 g/mol. The Morgan fingerprint density at radius 3 is 2.05 bits per heavy atom. The van der Waals surface area contributed by atoms with Crippen LogP contribution in [0.15, 0.2) is 24.3 Å². The summed E-state index contributed by atoms with van der Waals surface area (Å²) in [6.07, 6.45) is 9.60. The Labute approximate surface area is 120 Å². The first-order valence-corrected chi connectivity index (χ1v) is 8.29. The first-order chi connectivity index (χ1) is 9.20.